The first-order valence-corrected chi connectivity index (χ1v) is 6.14. The fraction of sp³-hybridized carbons (Fsp3) is 0.429. The first-order chi connectivity index (χ1) is 7.85. The van der Waals surface area contributed by atoms with Crippen molar-refractivity contribution in [2.45, 2.75) is 26.7 Å². The standard InChI is InChI=1S/C14H20N2/c1-3-11-5-6-14-13(9-11)12(10-16-14)7-8-15-4-2/h5-6,9-10,15-16H,3-4,7-8H2,1-2H3. The van der Waals surface area contributed by atoms with Gasteiger partial charge in [-0.05, 0) is 49.2 Å². The van der Waals surface area contributed by atoms with Gasteiger partial charge in [-0.25, -0.2) is 0 Å². The summed E-state index contributed by atoms with van der Waals surface area (Å²) in [5.41, 5.74) is 4.09. The molecule has 2 heteroatoms. The fourth-order valence-electron chi connectivity index (χ4n) is 2.05. The lowest BCUT2D eigenvalue weighted by Crippen LogP contribution is -2.15. The first-order valence-electron chi connectivity index (χ1n) is 6.14. The van der Waals surface area contributed by atoms with Crippen LogP contribution in [0, 0.1) is 0 Å². The van der Waals surface area contributed by atoms with E-state index < -0.39 is 0 Å². The molecule has 0 bridgehead atoms. The second-order valence-electron chi connectivity index (χ2n) is 4.15. The number of hydrogen-bond donors (Lipinski definition) is 2. The Hall–Kier alpha value is -1.28. The van der Waals surface area contributed by atoms with Crippen molar-refractivity contribution in [2.24, 2.45) is 0 Å². The van der Waals surface area contributed by atoms with E-state index in [1.54, 1.807) is 0 Å². The van der Waals surface area contributed by atoms with Gasteiger partial charge in [-0.1, -0.05) is 19.9 Å². The molecule has 0 spiro atoms. The van der Waals surface area contributed by atoms with Gasteiger partial charge in [-0.3, -0.25) is 0 Å². The maximum absolute atomic E-state index is 3.37. The lowest BCUT2D eigenvalue weighted by molar-refractivity contribution is 0.718. The Kier molecular flexibility index (Phi) is 3.62. The average Bonchev–Trinajstić information content (AvgIpc) is 2.72. The number of rotatable bonds is 5. The van der Waals surface area contributed by atoms with Gasteiger partial charge < -0.3 is 10.3 Å². The molecule has 0 saturated heterocycles. The van der Waals surface area contributed by atoms with E-state index in [2.05, 4.69) is 48.5 Å². The Bertz CT molecular complexity index is 457. The molecule has 1 aromatic heterocycles. The van der Waals surface area contributed by atoms with Crippen molar-refractivity contribution in [3.05, 3.63) is 35.5 Å². The third kappa shape index (κ3) is 2.27. The summed E-state index contributed by atoms with van der Waals surface area (Å²) in [4.78, 5) is 3.34. The first kappa shape index (κ1) is 11.2. The molecule has 0 atom stereocenters. The molecule has 2 aromatic rings. The van der Waals surface area contributed by atoms with Crippen LogP contribution in [-0.2, 0) is 12.8 Å². The minimum atomic E-state index is 1.04. The molecule has 0 fully saturated rings. The molecule has 1 aromatic carbocycles. The van der Waals surface area contributed by atoms with Crippen LogP contribution >= 0.6 is 0 Å². The SMILES string of the molecule is CCNCCc1c[nH]c2ccc(CC)cc12. The van der Waals surface area contributed by atoms with Crippen molar-refractivity contribution in [2.75, 3.05) is 13.1 Å². The number of nitrogens with one attached hydrogen (secondary N) is 2. The van der Waals surface area contributed by atoms with Crippen molar-refractivity contribution < 1.29 is 0 Å². The molecule has 0 aliphatic rings. The molecule has 2 N–H and O–H groups in total. The van der Waals surface area contributed by atoms with Crippen molar-refractivity contribution in [3.8, 4) is 0 Å². The van der Waals surface area contributed by atoms with Gasteiger partial charge in [-0.2, -0.15) is 0 Å². The maximum atomic E-state index is 3.37. The molecule has 0 aliphatic carbocycles. The van der Waals surface area contributed by atoms with Gasteiger partial charge in [0.15, 0.2) is 0 Å². The van der Waals surface area contributed by atoms with Gasteiger partial charge in [0.25, 0.3) is 0 Å². The van der Waals surface area contributed by atoms with Crippen molar-refractivity contribution in [1.82, 2.24) is 10.3 Å². The van der Waals surface area contributed by atoms with Crippen LogP contribution in [0.1, 0.15) is 25.0 Å². The molecular weight excluding hydrogens is 196 g/mol. The largest absolute Gasteiger partial charge is 0.361 e. The minimum absolute atomic E-state index is 1.04. The number of aromatic nitrogens is 1. The smallest absolute Gasteiger partial charge is 0.0456 e. The van der Waals surface area contributed by atoms with Crippen LogP contribution in [0.3, 0.4) is 0 Å². The van der Waals surface area contributed by atoms with E-state index in [1.165, 1.54) is 22.0 Å². The molecule has 2 nitrogen and oxygen atoms in total. The number of H-pyrrole nitrogens is 1. The summed E-state index contributed by atoms with van der Waals surface area (Å²) in [7, 11) is 0. The molecule has 86 valence electrons. The maximum Gasteiger partial charge on any atom is 0.0456 e. The highest BCUT2D eigenvalue weighted by atomic mass is 14.8. The highest BCUT2D eigenvalue weighted by molar-refractivity contribution is 5.83. The van der Waals surface area contributed by atoms with E-state index >= 15 is 0 Å². The number of aromatic amines is 1. The second kappa shape index (κ2) is 5.17. The van der Waals surface area contributed by atoms with Crippen LogP contribution < -0.4 is 5.32 Å². The molecule has 0 amide bonds. The van der Waals surface area contributed by atoms with Crippen molar-refractivity contribution >= 4 is 10.9 Å². The highest BCUT2D eigenvalue weighted by Gasteiger charge is 2.03. The number of likely N-dealkylation sites (N-methyl/N-ethyl adjacent to an activating group) is 1. The van der Waals surface area contributed by atoms with Gasteiger partial charge in [0.05, 0.1) is 0 Å². The van der Waals surface area contributed by atoms with Crippen LogP contribution in [0.2, 0.25) is 0 Å². The molecule has 16 heavy (non-hydrogen) atoms. The Morgan fingerprint density at radius 2 is 2.12 bits per heavy atom. The summed E-state index contributed by atoms with van der Waals surface area (Å²) in [5.74, 6) is 0. The molecule has 0 aliphatic heterocycles. The zero-order valence-electron chi connectivity index (χ0n) is 10.1. The molecule has 2 rings (SSSR count). The summed E-state index contributed by atoms with van der Waals surface area (Å²) < 4.78 is 0. The van der Waals surface area contributed by atoms with Gasteiger partial charge >= 0.3 is 0 Å². The molecule has 0 saturated carbocycles. The number of benzene rings is 1. The predicted molar refractivity (Wildman–Crippen MR) is 69.9 cm³/mol. The number of aryl methyl sites for hydroxylation is 1. The minimum Gasteiger partial charge on any atom is -0.361 e. The van der Waals surface area contributed by atoms with Crippen LogP contribution in [0.5, 0.6) is 0 Å². The third-order valence-corrected chi connectivity index (χ3v) is 3.06. The van der Waals surface area contributed by atoms with E-state index in [0.717, 1.165) is 25.9 Å². The average molecular weight is 216 g/mol. The van der Waals surface area contributed by atoms with Gasteiger partial charge in [0.1, 0.15) is 0 Å². The zero-order chi connectivity index (χ0) is 11.4. The van der Waals surface area contributed by atoms with E-state index in [-0.39, 0.29) is 0 Å². The summed E-state index contributed by atoms with van der Waals surface area (Å²) in [6.45, 7) is 6.44. The summed E-state index contributed by atoms with van der Waals surface area (Å²) in [6, 6.07) is 6.70. The van der Waals surface area contributed by atoms with E-state index in [0.29, 0.717) is 0 Å². The van der Waals surface area contributed by atoms with Gasteiger partial charge in [-0.15, -0.1) is 0 Å². The fourth-order valence-corrected chi connectivity index (χ4v) is 2.05. The van der Waals surface area contributed by atoms with E-state index in [4.69, 9.17) is 0 Å². The van der Waals surface area contributed by atoms with Crippen LogP contribution in [0.4, 0.5) is 0 Å². The lowest BCUT2D eigenvalue weighted by Gasteiger charge is -2.02. The van der Waals surface area contributed by atoms with Crippen molar-refractivity contribution in [3.63, 3.8) is 0 Å². The number of fused-ring (bicyclic) bond motifs is 1. The summed E-state index contributed by atoms with van der Waals surface area (Å²) in [5, 5.41) is 4.75. The topological polar surface area (TPSA) is 27.8 Å². The monoisotopic (exact) mass is 216 g/mol. The Labute approximate surface area is 97.1 Å². The Morgan fingerprint density at radius 1 is 1.25 bits per heavy atom. The normalized spacial score (nSPS) is 11.1. The van der Waals surface area contributed by atoms with Crippen LogP contribution in [0.25, 0.3) is 10.9 Å². The number of hydrogen-bond acceptors (Lipinski definition) is 1. The van der Waals surface area contributed by atoms with Gasteiger partial charge in [0, 0.05) is 17.1 Å². The predicted octanol–water partition coefficient (Wildman–Crippen LogP) is 2.88. The molecule has 0 unspecified atom stereocenters. The van der Waals surface area contributed by atoms with Crippen molar-refractivity contribution in [1.29, 1.82) is 0 Å². The summed E-state index contributed by atoms with van der Waals surface area (Å²) in [6.07, 6.45) is 4.34. The van der Waals surface area contributed by atoms with Crippen LogP contribution in [-0.4, -0.2) is 18.1 Å². The third-order valence-electron chi connectivity index (χ3n) is 3.06. The lowest BCUT2D eigenvalue weighted by atomic mass is 10.1. The zero-order valence-corrected chi connectivity index (χ0v) is 10.1. The van der Waals surface area contributed by atoms with E-state index in [9.17, 15) is 0 Å². The summed E-state index contributed by atoms with van der Waals surface area (Å²) >= 11 is 0. The molecular formula is C14H20N2. The van der Waals surface area contributed by atoms with Crippen LogP contribution in [0.15, 0.2) is 24.4 Å². The Balaban J connectivity index is 2.24. The second-order valence-corrected chi connectivity index (χ2v) is 4.15. The highest BCUT2D eigenvalue weighted by Crippen LogP contribution is 2.20. The Morgan fingerprint density at radius 3 is 2.88 bits per heavy atom. The molecule has 0 radical (unpaired) electrons. The quantitative estimate of drug-likeness (QED) is 0.739. The van der Waals surface area contributed by atoms with Gasteiger partial charge in [0.2, 0.25) is 0 Å². The molecule has 1 heterocycles. The van der Waals surface area contributed by atoms with E-state index in [1.807, 2.05) is 0 Å².